The molecule has 112 valence electrons. The zero-order chi connectivity index (χ0) is 14.9. The highest BCUT2D eigenvalue weighted by atomic mass is 19.1. The van der Waals surface area contributed by atoms with Gasteiger partial charge in [-0.2, -0.15) is 5.10 Å². The molecule has 0 radical (unpaired) electrons. The first-order chi connectivity index (χ1) is 10.2. The molecule has 0 saturated carbocycles. The van der Waals surface area contributed by atoms with Crippen LogP contribution in [0.15, 0.2) is 30.6 Å². The van der Waals surface area contributed by atoms with E-state index in [-0.39, 0.29) is 11.7 Å². The smallest absolute Gasteiger partial charge is 0.220 e. The standard InChI is InChI=1S/C14H17FN4O2/c15-11-3-5-12(6-4-11)21-9-1-2-14(20)16-8-7-13-17-10-18-19-13/h3-6,10H,1-2,7-9H2,(H,16,20)(H,17,18,19). The summed E-state index contributed by atoms with van der Waals surface area (Å²) >= 11 is 0. The highest BCUT2D eigenvalue weighted by Crippen LogP contribution is 2.11. The number of carbonyl (C=O) groups is 1. The molecule has 0 spiro atoms. The monoisotopic (exact) mass is 292 g/mol. The minimum absolute atomic E-state index is 0.0304. The summed E-state index contributed by atoms with van der Waals surface area (Å²) in [5.74, 6) is 1.02. The molecule has 2 N–H and O–H groups in total. The molecule has 0 aliphatic heterocycles. The van der Waals surface area contributed by atoms with Gasteiger partial charge in [0.1, 0.15) is 23.7 Å². The zero-order valence-corrected chi connectivity index (χ0v) is 11.5. The summed E-state index contributed by atoms with van der Waals surface area (Å²) in [6.45, 7) is 0.938. The highest BCUT2D eigenvalue weighted by molar-refractivity contribution is 5.75. The average molecular weight is 292 g/mol. The number of carbonyl (C=O) groups excluding carboxylic acids is 1. The maximum Gasteiger partial charge on any atom is 0.220 e. The first-order valence-corrected chi connectivity index (χ1v) is 6.73. The molecule has 0 atom stereocenters. The van der Waals surface area contributed by atoms with Crippen molar-refractivity contribution in [2.75, 3.05) is 13.2 Å². The van der Waals surface area contributed by atoms with Crippen molar-refractivity contribution in [2.24, 2.45) is 0 Å². The van der Waals surface area contributed by atoms with Gasteiger partial charge in [0, 0.05) is 19.4 Å². The Bertz CT molecular complexity index is 543. The van der Waals surface area contributed by atoms with Crippen molar-refractivity contribution in [1.82, 2.24) is 20.5 Å². The lowest BCUT2D eigenvalue weighted by Gasteiger charge is -2.06. The molecule has 2 aromatic rings. The maximum atomic E-state index is 12.7. The second kappa shape index (κ2) is 7.98. The zero-order valence-electron chi connectivity index (χ0n) is 11.5. The van der Waals surface area contributed by atoms with E-state index in [0.29, 0.717) is 38.2 Å². The molecule has 0 saturated heterocycles. The van der Waals surface area contributed by atoms with Crippen LogP contribution in [0.25, 0.3) is 0 Å². The lowest BCUT2D eigenvalue weighted by Crippen LogP contribution is -2.26. The highest BCUT2D eigenvalue weighted by Gasteiger charge is 2.02. The first-order valence-electron chi connectivity index (χ1n) is 6.73. The number of amides is 1. The van der Waals surface area contributed by atoms with Crippen LogP contribution in [0.5, 0.6) is 5.75 Å². The Morgan fingerprint density at radius 2 is 2.14 bits per heavy atom. The second-order valence-electron chi connectivity index (χ2n) is 4.44. The predicted octanol–water partition coefficient (Wildman–Crippen LogP) is 1.46. The third kappa shape index (κ3) is 5.60. The number of hydrogen-bond acceptors (Lipinski definition) is 4. The van der Waals surface area contributed by atoms with Crippen molar-refractivity contribution in [3.05, 3.63) is 42.2 Å². The van der Waals surface area contributed by atoms with E-state index in [1.807, 2.05) is 0 Å². The summed E-state index contributed by atoms with van der Waals surface area (Å²) in [4.78, 5) is 15.5. The van der Waals surface area contributed by atoms with E-state index in [9.17, 15) is 9.18 Å². The number of aromatic amines is 1. The van der Waals surface area contributed by atoms with Gasteiger partial charge in [-0.3, -0.25) is 9.89 Å². The molecule has 6 nitrogen and oxygen atoms in total. The van der Waals surface area contributed by atoms with Crippen LogP contribution >= 0.6 is 0 Å². The Morgan fingerprint density at radius 1 is 1.33 bits per heavy atom. The number of halogens is 1. The minimum Gasteiger partial charge on any atom is -0.494 e. The minimum atomic E-state index is -0.298. The lowest BCUT2D eigenvalue weighted by molar-refractivity contribution is -0.121. The molecule has 7 heteroatoms. The fourth-order valence-electron chi connectivity index (χ4n) is 1.71. The Kier molecular flexibility index (Phi) is 5.69. The van der Waals surface area contributed by atoms with Crippen molar-refractivity contribution in [1.29, 1.82) is 0 Å². The van der Waals surface area contributed by atoms with Crippen molar-refractivity contribution >= 4 is 5.91 Å². The number of hydrogen-bond donors (Lipinski definition) is 2. The van der Waals surface area contributed by atoms with E-state index in [0.717, 1.165) is 5.82 Å². The normalized spacial score (nSPS) is 10.3. The van der Waals surface area contributed by atoms with Crippen LogP contribution in [-0.2, 0) is 11.2 Å². The Balaban J connectivity index is 1.53. The molecular weight excluding hydrogens is 275 g/mol. The van der Waals surface area contributed by atoms with E-state index in [2.05, 4.69) is 20.5 Å². The number of H-pyrrole nitrogens is 1. The van der Waals surface area contributed by atoms with Gasteiger partial charge in [0.05, 0.1) is 6.61 Å². The fourth-order valence-corrected chi connectivity index (χ4v) is 1.71. The maximum absolute atomic E-state index is 12.7. The predicted molar refractivity (Wildman–Crippen MR) is 74.2 cm³/mol. The van der Waals surface area contributed by atoms with Gasteiger partial charge in [0.25, 0.3) is 0 Å². The van der Waals surface area contributed by atoms with E-state index >= 15 is 0 Å². The van der Waals surface area contributed by atoms with Crippen molar-refractivity contribution in [3.63, 3.8) is 0 Å². The lowest BCUT2D eigenvalue weighted by atomic mass is 10.3. The molecule has 0 aliphatic rings. The Hall–Kier alpha value is -2.44. The largest absolute Gasteiger partial charge is 0.494 e. The van der Waals surface area contributed by atoms with Crippen LogP contribution in [0.1, 0.15) is 18.7 Å². The summed E-state index contributed by atoms with van der Waals surface area (Å²) < 4.78 is 18.1. The van der Waals surface area contributed by atoms with Gasteiger partial charge in [0.2, 0.25) is 5.91 Å². The average Bonchev–Trinajstić information content (AvgIpc) is 2.99. The third-order valence-corrected chi connectivity index (χ3v) is 2.78. The van der Waals surface area contributed by atoms with Gasteiger partial charge in [-0.1, -0.05) is 0 Å². The Morgan fingerprint density at radius 3 is 2.86 bits per heavy atom. The summed E-state index contributed by atoms with van der Waals surface area (Å²) in [5.41, 5.74) is 0. The Labute approximate surface area is 121 Å². The second-order valence-corrected chi connectivity index (χ2v) is 4.44. The molecule has 0 bridgehead atoms. The molecule has 21 heavy (non-hydrogen) atoms. The van der Waals surface area contributed by atoms with Gasteiger partial charge < -0.3 is 10.1 Å². The summed E-state index contributed by atoms with van der Waals surface area (Å²) in [6, 6.07) is 5.80. The van der Waals surface area contributed by atoms with Crippen LogP contribution in [-0.4, -0.2) is 34.2 Å². The number of rotatable bonds is 8. The van der Waals surface area contributed by atoms with Gasteiger partial charge >= 0.3 is 0 Å². The van der Waals surface area contributed by atoms with Crippen molar-refractivity contribution < 1.29 is 13.9 Å². The number of nitrogens with zero attached hydrogens (tertiary/aromatic N) is 2. The van der Waals surface area contributed by atoms with Gasteiger partial charge in [0.15, 0.2) is 0 Å². The molecule has 0 aliphatic carbocycles. The van der Waals surface area contributed by atoms with Crippen LogP contribution < -0.4 is 10.1 Å². The number of nitrogens with one attached hydrogen (secondary N) is 2. The van der Waals surface area contributed by atoms with Gasteiger partial charge in [-0.05, 0) is 30.7 Å². The third-order valence-electron chi connectivity index (χ3n) is 2.78. The quantitative estimate of drug-likeness (QED) is 0.722. The SMILES string of the molecule is O=C(CCCOc1ccc(F)cc1)NCCc1ncn[nH]1. The topological polar surface area (TPSA) is 79.9 Å². The van der Waals surface area contributed by atoms with E-state index in [1.54, 1.807) is 12.1 Å². The summed E-state index contributed by atoms with van der Waals surface area (Å²) in [5, 5.41) is 9.25. The molecule has 0 unspecified atom stereocenters. The molecule has 1 heterocycles. The number of ether oxygens (including phenoxy) is 1. The van der Waals surface area contributed by atoms with Crippen molar-refractivity contribution in [3.8, 4) is 5.75 Å². The van der Waals surface area contributed by atoms with Crippen molar-refractivity contribution in [2.45, 2.75) is 19.3 Å². The number of aromatic nitrogens is 3. The number of benzene rings is 1. The molecule has 2 rings (SSSR count). The molecule has 0 fully saturated rings. The first kappa shape index (κ1) is 15.0. The van der Waals surface area contributed by atoms with Gasteiger partial charge in [-0.25, -0.2) is 9.37 Å². The molecule has 1 aromatic heterocycles. The van der Waals surface area contributed by atoms with Crippen LogP contribution in [0.2, 0.25) is 0 Å². The van der Waals surface area contributed by atoms with E-state index in [4.69, 9.17) is 4.74 Å². The summed E-state index contributed by atoms with van der Waals surface area (Å²) in [7, 11) is 0. The molecule has 1 amide bonds. The summed E-state index contributed by atoms with van der Waals surface area (Å²) in [6.07, 6.45) is 3.05. The van der Waals surface area contributed by atoms with Crippen LogP contribution in [0, 0.1) is 5.82 Å². The van der Waals surface area contributed by atoms with Crippen LogP contribution in [0.4, 0.5) is 4.39 Å². The van der Waals surface area contributed by atoms with Gasteiger partial charge in [-0.15, -0.1) is 0 Å². The molecule has 1 aromatic carbocycles. The van der Waals surface area contributed by atoms with Crippen LogP contribution in [0.3, 0.4) is 0 Å². The van der Waals surface area contributed by atoms with E-state index < -0.39 is 0 Å². The van der Waals surface area contributed by atoms with E-state index in [1.165, 1.54) is 18.5 Å². The fraction of sp³-hybridized carbons (Fsp3) is 0.357. The molecular formula is C14H17FN4O2.